The highest BCUT2D eigenvalue weighted by atomic mass is 35.5. The maximum absolute atomic E-state index is 13.5. The molecule has 1 aliphatic rings. The molecular formula is C18H19ClFNO2. The lowest BCUT2D eigenvalue weighted by Gasteiger charge is -2.16. The second-order valence-corrected chi connectivity index (χ2v) is 5.98. The summed E-state index contributed by atoms with van der Waals surface area (Å²) in [5.74, 6) is 1.07. The van der Waals surface area contributed by atoms with Gasteiger partial charge in [0.15, 0.2) is 11.5 Å². The molecule has 0 bridgehead atoms. The monoisotopic (exact) mass is 335 g/mol. The Bertz CT molecular complexity index is 659. The minimum absolute atomic E-state index is 0.355. The Labute approximate surface area is 140 Å². The summed E-state index contributed by atoms with van der Waals surface area (Å²) in [5, 5.41) is 0.565. The van der Waals surface area contributed by atoms with Gasteiger partial charge in [0, 0.05) is 17.6 Å². The van der Waals surface area contributed by atoms with E-state index in [1.54, 1.807) is 30.3 Å². The number of rotatable bonds is 6. The summed E-state index contributed by atoms with van der Waals surface area (Å²) in [7, 11) is 0. The Morgan fingerprint density at radius 1 is 1.04 bits per heavy atom. The summed E-state index contributed by atoms with van der Waals surface area (Å²) in [6.45, 7) is 3.67. The standard InChI is InChI=1S/C18H19ClFNO2/c19-14-4-3-5-16(12-14)23-18-13-15(20)6-7-17(18)22-11-10-21-8-1-2-9-21/h3-7,12-13H,1-2,8-11H2. The van der Waals surface area contributed by atoms with Crippen molar-refractivity contribution >= 4 is 11.6 Å². The molecule has 2 aromatic carbocycles. The fourth-order valence-corrected chi connectivity index (χ4v) is 2.81. The van der Waals surface area contributed by atoms with Crippen LogP contribution in [0.1, 0.15) is 12.8 Å². The van der Waals surface area contributed by atoms with E-state index in [0.717, 1.165) is 19.6 Å². The smallest absolute Gasteiger partial charge is 0.172 e. The van der Waals surface area contributed by atoms with E-state index in [9.17, 15) is 4.39 Å². The molecule has 0 spiro atoms. The van der Waals surface area contributed by atoms with Crippen LogP contribution in [-0.2, 0) is 0 Å². The first-order valence-electron chi connectivity index (χ1n) is 7.79. The highest BCUT2D eigenvalue weighted by Gasteiger charge is 2.13. The molecule has 0 N–H and O–H groups in total. The van der Waals surface area contributed by atoms with Crippen LogP contribution in [0.2, 0.25) is 5.02 Å². The number of ether oxygens (including phenoxy) is 2. The highest BCUT2D eigenvalue weighted by Crippen LogP contribution is 2.33. The Kier molecular flexibility index (Phi) is 5.36. The van der Waals surface area contributed by atoms with Crippen LogP contribution in [-0.4, -0.2) is 31.1 Å². The molecule has 2 aromatic rings. The van der Waals surface area contributed by atoms with Gasteiger partial charge in [-0.05, 0) is 56.3 Å². The summed E-state index contributed by atoms with van der Waals surface area (Å²) < 4.78 is 25.0. The van der Waals surface area contributed by atoms with Gasteiger partial charge in [0.05, 0.1) is 0 Å². The molecule has 0 unspecified atom stereocenters. The maximum atomic E-state index is 13.5. The quantitative estimate of drug-likeness (QED) is 0.760. The molecule has 1 heterocycles. The molecule has 5 heteroatoms. The van der Waals surface area contributed by atoms with Gasteiger partial charge in [0.1, 0.15) is 18.2 Å². The average molecular weight is 336 g/mol. The van der Waals surface area contributed by atoms with Crippen molar-refractivity contribution in [3.8, 4) is 17.2 Å². The van der Waals surface area contributed by atoms with Crippen LogP contribution in [0.15, 0.2) is 42.5 Å². The number of likely N-dealkylation sites (tertiary alicyclic amines) is 1. The molecule has 0 aromatic heterocycles. The Balaban J connectivity index is 1.67. The van der Waals surface area contributed by atoms with Gasteiger partial charge in [0.25, 0.3) is 0 Å². The van der Waals surface area contributed by atoms with Crippen molar-refractivity contribution < 1.29 is 13.9 Å². The Hall–Kier alpha value is -1.78. The Morgan fingerprint density at radius 2 is 1.87 bits per heavy atom. The van der Waals surface area contributed by atoms with Gasteiger partial charge in [-0.1, -0.05) is 17.7 Å². The van der Waals surface area contributed by atoms with Gasteiger partial charge in [-0.3, -0.25) is 4.90 Å². The van der Waals surface area contributed by atoms with Crippen molar-refractivity contribution in [2.24, 2.45) is 0 Å². The van der Waals surface area contributed by atoms with E-state index < -0.39 is 0 Å². The molecule has 0 amide bonds. The van der Waals surface area contributed by atoms with Crippen LogP contribution in [0, 0.1) is 5.82 Å². The first kappa shape index (κ1) is 16.1. The largest absolute Gasteiger partial charge is 0.488 e. The first-order valence-corrected chi connectivity index (χ1v) is 8.17. The second-order valence-electron chi connectivity index (χ2n) is 5.55. The maximum Gasteiger partial charge on any atom is 0.172 e. The van der Waals surface area contributed by atoms with Gasteiger partial charge < -0.3 is 9.47 Å². The SMILES string of the molecule is Fc1ccc(OCCN2CCCC2)c(Oc2cccc(Cl)c2)c1. The van der Waals surface area contributed by atoms with Crippen LogP contribution >= 0.6 is 11.6 Å². The van der Waals surface area contributed by atoms with Crippen LogP contribution in [0.4, 0.5) is 4.39 Å². The molecule has 1 saturated heterocycles. The van der Waals surface area contributed by atoms with Gasteiger partial charge >= 0.3 is 0 Å². The van der Waals surface area contributed by atoms with Gasteiger partial charge in [-0.15, -0.1) is 0 Å². The summed E-state index contributed by atoms with van der Waals surface area (Å²) in [6.07, 6.45) is 2.50. The molecule has 0 radical (unpaired) electrons. The van der Waals surface area contributed by atoms with Gasteiger partial charge in [0.2, 0.25) is 0 Å². The molecule has 0 atom stereocenters. The van der Waals surface area contributed by atoms with E-state index in [4.69, 9.17) is 21.1 Å². The topological polar surface area (TPSA) is 21.7 Å². The van der Waals surface area contributed by atoms with E-state index >= 15 is 0 Å². The Morgan fingerprint density at radius 3 is 2.65 bits per heavy atom. The van der Waals surface area contributed by atoms with E-state index in [-0.39, 0.29) is 5.82 Å². The fourth-order valence-electron chi connectivity index (χ4n) is 2.63. The summed E-state index contributed by atoms with van der Waals surface area (Å²) >= 11 is 5.95. The average Bonchev–Trinajstić information content (AvgIpc) is 3.03. The molecule has 23 heavy (non-hydrogen) atoms. The van der Waals surface area contributed by atoms with Crippen LogP contribution in [0.25, 0.3) is 0 Å². The van der Waals surface area contributed by atoms with Crippen LogP contribution in [0.5, 0.6) is 17.2 Å². The number of halogens is 2. The van der Waals surface area contributed by atoms with E-state index in [0.29, 0.717) is 28.9 Å². The summed E-state index contributed by atoms with van der Waals surface area (Å²) in [6, 6.07) is 11.3. The molecule has 0 saturated carbocycles. The van der Waals surface area contributed by atoms with E-state index in [2.05, 4.69) is 4.90 Å². The van der Waals surface area contributed by atoms with Crippen molar-refractivity contribution in [1.29, 1.82) is 0 Å². The van der Waals surface area contributed by atoms with E-state index in [1.165, 1.54) is 25.0 Å². The zero-order chi connectivity index (χ0) is 16.1. The number of benzene rings is 2. The summed E-state index contributed by atoms with van der Waals surface area (Å²) in [4.78, 5) is 2.36. The normalized spacial score (nSPS) is 14.9. The lowest BCUT2D eigenvalue weighted by molar-refractivity contribution is 0.232. The van der Waals surface area contributed by atoms with Crippen LogP contribution in [0.3, 0.4) is 0 Å². The molecule has 0 aliphatic carbocycles. The summed E-state index contributed by atoms with van der Waals surface area (Å²) in [5.41, 5.74) is 0. The second kappa shape index (κ2) is 7.66. The fraction of sp³-hybridized carbons (Fsp3) is 0.333. The molecule has 3 rings (SSSR count). The predicted octanol–water partition coefficient (Wildman–Crippen LogP) is 4.75. The number of nitrogens with zero attached hydrogens (tertiary/aromatic N) is 1. The lowest BCUT2D eigenvalue weighted by Crippen LogP contribution is -2.25. The molecular weight excluding hydrogens is 317 g/mol. The van der Waals surface area contributed by atoms with E-state index in [1.807, 2.05) is 0 Å². The lowest BCUT2D eigenvalue weighted by atomic mass is 10.3. The third-order valence-corrected chi connectivity index (χ3v) is 4.03. The van der Waals surface area contributed by atoms with Crippen LogP contribution < -0.4 is 9.47 Å². The predicted molar refractivity (Wildman–Crippen MR) is 89.1 cm³/mol. The van der Waals surface area contributed by atoms with Crippen molar-refractivity contribution in [2.45, 2.75) is 12.8 Å². The number of hydrogen-bond acceptors (Lipinski definition) is 3. The highest BCUT2D eigenvalue weighted by molar-refractivity contribution is 6.30. The zero-order valence-electron chi connectivity index (χ0n) is 12.8. The third-order valence-electron chi connectivity index (χ3n) is 3.79. The zero-order valence-corrected chi connectivity index (χ0v) is 13.6. The van der Waals surface area contributed by atoms with Crippen molar-refractivity contribution in [3.63, 3.8) is 0 Å². The third kappa shape index (κ3) is 4.60. The van der Waals surface area contributed by atoms with Crippen molar-refractivity contribution in [3.05, 3.63) is 53.3 Å². The minimum atomic E-state index is -0.367. The molecule has 1 aliphatic heterocycles. The van der Waals surface area contributed by atoms with Gasteiger partial charge in [-0.2, -0.15) is 0 Å². The minimum Gasteiger partial charge on any atom is -0.488 e. The van der Waals surface area contributed by atoms with Crippen molar-refractivity contribution in [2.75, 3.05) is 26.2 Å². The molecule has 1 fully saturated rings. The molecule has 3 nitrogen and oxygen atoms in total. The van der Waals surface area contributed by atoms with Crippen molar-refractivity contribution in [1.82, 2.24) is 4.90 Å². The number of hydrogen-bond donors (Lipinski definition) is 0. The molecule has 122 valence electrons. The van der Waals surface area contributed by atoms with Gasteiger partial charge in [-0.25, -0.2) is 4.39 Å². The first-order chi connectivity index (χ1) is 11.2.